The molecule has 0 fully saturated rings. The second-order valence-electron chi connectivity index (χ2n) is 4.68. The molecule has 2 rings (SSSR count). The number of hydrogen-bond acceptors (Lipinski definition) is 2. The molecule has 0 heterocycles. The third-order valence-corrected chi connectivity index (χ3v) is 3.39. The van der Waals surface area contributed by atoms with E-state index in [1.165, 1.54) is 17.7 Å². The topological polar surface area (TPSA) is 32.3 Å². The lowest BCUT2D eigenvalue weighted by atomic mass is 9.97. The van der Waals surface area contributed by atoms with Crippen LogP contribution in [-0.2, 0) is 0 Å². The fourth-order valence-electron chi connectivity index (χ4n) is 2.12. The van der Waals surface area contributed by atoms with Crippen LogP contribution in [0.2, 0.25) is 0 Å². The van der Waals surface area contributed by atoms with E-state index in [9.17, 15) is 9.50 Å². The number of aliphatic hydroxyl groups excluding tert-OH is 1. The third-order valence-electron chi connectivity index (χ3n) is 3.39. The van der Waals surface area contributed by atoms with Crippen molar-refractivity contribution in [3.8, 4) is 0 Å². The Morgan fingerprint density at radius 1 is 1.11 bits per heavy atom. The second-order valence-corrected chi connectivity index (χ2v) is 4.68. The summed E-state index contributed by atoms with van der Waals surface area (Å²) in [7, 11) is 0. The Morgan fingerprint density at radius 3 is 2.42 bits per heavy atom. The molecule has 0 saturated heterocycles. The van der Waals surface area contributed by atoms with Gasteiger partial charge in [-0.2, -0.15) is 0 Å². The highest BCUT2D eigenvalue weighted by atomic mass is 19.1. The SMILES string of the molecule is Cc1cccc(C(CO)Nc2ccc(F)cc2)c1C. The highest BCUT2D eigenvalue weighted by Gasteiger charge is 2.13. The van der Waals surface area contributed by atoms with Gasteiger partial charge in [-0.3, -0.25) is 0 Å². The zero-order chi connectivity index (χ0) is 13.8. The van der Waals surface area contributed by atoms with Gasteiger partial charge >= 0.3 is 0 Å². The minimum absolute atomic E-state index is 0.0122. The van der Waals surface area contributed by atoms with Gasteiger partial charge in [-0.15, -0.1) is 0 Å². The molecule has 2 aromatic carbocycles. The van der Waals surface area contributed by atoms with Crippen LogP contribution in [-0.4, -0.2) is 11.7 Å². The van der Waals surface area contributed by atoms with Crippen LogP contribution in [0, 0.1) is 19.7 Å². The van der Waals surface area contributed by atoms with Gasteiger partial charge in [-0.25, -0.2) is 4.39 Å². The summed E-state index contributed by atoms with van der Waals surface area (Å²) in [5, 5.41) is 12.8. The van der Waals surface area contributed by atoms with E-state index in [1.807, 2.05) is 32.0 Å². The number of aliphatic hydroxyl groups is 1. The Hall–Kier alpha value is -1.87. The molecule has 0 amide bonds. The number of aryl methyl sites for hydroxylation is 1. The van der Waals surface area contributed by atoms with Gasteiger partial charge in [-0.1, -0.05) is 18.2 Å². The summed E-state index contributed by atoms with van der Waals surface area (Å²) < 4.78 is 12.9. The van der Waals surface area contributed by atoms with Crippen LogP contribution in [0.1, 0.15) is 22.7 Å². The van der Waals surface area contributed by atoms with Gasteiger partial charge in [-0.05, 0) is 54.8 Å². The van der Waals surface area contributed by atoms with E-state index in [0.29, 0.717) is 0 Å². The minimum atomic E-state index is -0.266. The summed E-state index contributed by atoms with van der Waals surface area (Å²) in [4.78, 5) is 0. The minimum Gasteiger partial charge on any atom is -0.394 e. The Bertz CT molecular complexity index is 551. The van der Waals surface area contributed by atoms with E-state index in [-0.39, 0.29) is 18.5 Å². The predicted octanol–water partition coefficient (Wildman–Crippen LogP) is 3.59. The normalized spacial score (nSPS) is 12.2. The van der Waals surface area contributed by atoms with Crippen LogP contribution in [0.15, 0.2) is 42.5 Å². The average Bonchev–Trinajstić information content (AvgIpc) is 2.42. The van der Waals surface area contributed by atoms with Gasteiger partial charge in [0.15, 0.2) is 0 Å². The van der Waals surface area contributed by atoms with Crippen molar-refractivity contribution < 1.29 is 9.50 Å². The summed E-state index contributed by atoms with van der Waals surface area (Å²) >= 11 is 0. The fraction of sp³-hybridized carbons (Fsp3) is 0.250. The first-order valence-electron chi connectivity index (χ1n) is 6.31. The fourth-order valence-corrected chi connectivity index (χ4v) is 2.12. The molecule has 0 radical (unpaired) electrons. The van der Waals surface area contributed by atoms with E-state index >= 15 is 0 Å². The molecular weight excluding hydrogens is 241 g/mol. The molecule has 2 nitrogen and oxygen atoms in total. The van der Waals surface area contributed by atoms with Gasteiger partial charge in [0.05, 0.1) is 12.6 Å². The zero-order valence-corrected chi connectivity index (χ0v) is 11.2. The van der Waals surface area contributed by atoms with Crippen LogP contribution >= 0.6 is 0 Å². The van der Waals surface area contributed by atoms with Crippen molar-refractivity contribution in [2.45, 2.75) is 19.9 Å². The maximum absolute atomic E-state index is 12.9. The largest absolute Gasteiger partial charge is 0.394 e. The molecule has 19 heavy (non-hydrogen) atoms. The molecule has 0 aromatic heterocycles. The van der Waals surface area contributed by atoms with Crippen LogP contribution in [0.4, 0.5) is 10.1 Å². The van der Waals surface area contributed by atoms with Gasteiger partial charge in [0, 0.05) is 5.69 Å². The van der Waals surface area contributed by atoms with Gasteiger partial charge in [0.1, 0.15) is 5.82 Å². The first-order chi connectivity index (χ1) is 9.11. The van der Waals surface area contributed by atoms with Gasteiger partial charge in [0.2, 0.25) is 0 Å². The molecule has 100 valence electrons. The highest BCUT2D eigenvalue weighted by Crippen LogP contribution is 2.24. The summed E-state index contributed by atoms with van der Waals surface area (Å²) in [6.45, 7) is 4.08. The van der Waals surface area contributed by atoms with Crippen molar-refractivity contribution in [2.24, 2.45) is 0 Å². The number of nitrogens with one attached hydrogen (secondary N) is 1. The van der Waals surface area contributed by atoms with E-state index in [0.717, 1.165) is 16.8 Å². The van der Waals surface area contributed by atoms with Crippen molar-refractivity contribution in [1.82, 2.24) is 0 Å². The van der Waals surface area contributed by atoms with E-state index in [2.05, 4.69) is 5.32 Å². The van der Waals surface area contributed by atoms with E-state index in [1.54, 1.807) is 12.1 Å². The molecule has 0 aliphatic rings. The summed E-state index contributed by atoms with van der Waals surface area (Å²) in [5.41, 5.74) is 4.21. The molecule has 0 aliphatic carbocycles. The molecule has 1 atom stereocenters. The smallest absolute Gasteiger partial charge is 0.123 e. The van der Waals surface area contributed by atoms with E-state index in [4.69, 9.17) is 0 Å². The number of hydrogen-bond donors (Lipinski definition) is 2. The van der Waals surface area contributed by atoms with Crippen molar-refractivity contribution in [3.63, 3.8) is 0 Å². The molecule has 0 bridgehead atoms. The van der Waals surface area contributed by atoms with Gasteiger partial charge < -0.3 is 10.4 Å². The average molecular weight is 259 g/mol. The Morgan fingerprint density at radius 2 is 1.79 bits per heavy atom. The monoisotopic (exact) mass is 259 g/mol. The molecule has 0 spiro atoms. The van der Waals surface area contributed by atoms with Crippen molar-refractivity contribution in [1.29, 1.82) is 0 Å². The van der Waals surface area contributed by atoms with Crippen molar-refractivity contribution in [3.05, 3.63) is 65.0 Å². The third kappa shape index (κ3) is 3.12. The Kier molecular flexibility index (Phi) is 4.17. The zero-order valence-electron chi connectivity index (χ0n) is 11.2. The Balaban J connectivity index is 2.25. The molecule has 2 aromatic rings. The second kappa shape index (κ2) is 5.85. The molecule has 2 N–H and O–H groups in total. The predicted molar refractivity (Wildman–Crippen MR) is 75.8 cm³/mol. The first kappa shape index (κ1) is 13.6. The van der Waals surface area contributed by atoms with Crippen LogP contribution in [0.25, 0.3) is 0 Å². The first-order valence-corrected chi connectivity index (χ1v) is 6.31. The maximum atomic E-state index is 12.9. The van der Waals surface area contributed by atoms with Crippen LogP contribution in [0.5, 0.6) is 0 Å². The molecule has 0 aliphatic heterocycles. The molecule has 3 heteroatoms. The van der Waals surface area contributed by atoms with Crippen molar-refractivity contribution in [2.75, 3.05) is 11.9 Å². The quantitative estimate of drug-likeness (QED) is 0.879. The van der Waals surface area contributed by atoms with Crippen LogP contribution < -0.4 is 5.32 Å². The summed E-state index contributed by atoms with van der Waals surface area (Å²) in [5.74, 6) is -0.266. The standard InChI is InChI=1S/C16H18FNO/c1-11-4-3-5-15(12(11)2)16(10-19)18-14-8-6-13(17)7-9-14/h3-9,16,18-19H,10H2,1-2H3. The molecule has 0 saturated carbocycles. The van der Waals surface area contributed by atoms with Crippen LogP contribution in [0.3, 0.4) is 0 Å². The lowest BCUT2D eigenvalue weighted by Gasteiger charge is -2.21. The number of benzene rings is 2. The number of halogens is 1. The number of rotatable bonds is 4. The van der Waals surface area contributed by atoms with Gasteiger partial charge in [0.25, 0.3) is 0 Å². The Labute approximate surface area is 112 Å². The molecule has 1 unspecified atom stereocenters. The summed E-state index contributed by atoms with van der Waals surface area (Å²) in [6, 6.07) is 12.0. The van der Waals surface area contributed by atoms with Crippen molar-refractivity contribution >= 4 is 5.69 Å². The lowest BCUT2D eigenvalue weighted by molar-refractivity contribution is 0.276. The van der Waals surface area contributed by atoms with E-state index < -0.39 is 0 Å². The maximum Gasteiger partial charge on any atom is 0.123 e. The lowest BCUT2D eigenvalue weighted by Crippen LogP contribution is -2.16. The highest BCUT2D eigenvalue weighted by molar-refractivity contribution is 5.47. The molecular formula is C16H18FNO. The summed E-state index contributed by atoms with van der Waals surface area (Å²) in [6.07, 6.45) is 0. The number of anilines is 1.